The highest BCUT2D eigenvalue weighted by Gasteiger charge is 2.21. The van der Waals surface area contributed by atoms with Crippen molar-refractivity contribution in [2.24, 2.45) is 0 Å². The van der Waals surface area contributed by atoms with Crippen molar-refractivity contribution in [3.05, 3.63) is 16.1 Å². The second-order valence-electron chi connectivity index (χ2n) is 5.37. The zero-order chi connectivity index (χ0) is 13.9. The Hall–Kier alpha value is -0.940. The maximum Gasteiger partial charge on any atom is 0.183 e. The van der Waals surface area contributed by atoms with Gasteiger partial charge in [0.05, 0.1) is 21.3 Å². The number of hydrogen-bond donors (Lipinski definition) is 1. The van der Waals surface area contributed by atoms with Crippen LogP contribution in [0, 0.1) is 6.92 Å². The van der Waals surface area contributed by atoms with E-state index in [1.807, 2.05) is 11.3 Å². The van der Waals surface area contributed by atoms with E-state index in [1.54, 1.807) is 11.3 Å². The highest BCUT2D eigenvalue weighted by Crippen LogP contribution is 2.39. The fraction of sp³-hybridized carbons (Fsp3) is 0.600. The summed E-state index contributed by atoms with van der Waals surface area (Å²) in [7, 11) is 0. The van der Waals surface area contributed by atoms with Gasteiger partial charge in [0.15, 0.2) is 5.13 Å². The molecule has 1 N–H and O–H groups in total. The largest absolute Gasteiger partial charge is 0.362 e. The number of nitrogens with zero attached hydrogens (tertiary/aromatic N) is 2. The molecule has 0 atom stereocenters. The van der Waals surface area contributed by atoms with E-state index in [1.165, 1.54) is 42.0 Å². The number of hydrogen-bond acceptors (Lipinski definition) is 5. The highest BCUT2D eigenvalue weighted by atomic mass is 32.1. The van der Waals surface area contributed by atoms with Gasteiger partial charge in [-0.05, 0) is 26.7 Å². The first-order chi connectivity index (χ1) is 9.78. The highest BCUT2D eigenvalue weighted by molar-refractivity contribution is 7.17. The van der Waals surface area contributed by atoms with E-state index in [-0.39, 0.29) is 0 Å². The van der Waals surface area contributed by atoms with Crippen LogP contribution >= 0.6 is 22.7 Å². The molecule has 2 heterocycles. The number of rotatable bonds is 4. The van der Waals surface area contributed by atoms with Crippen LogP contribution in [-0.2, 0) is 0 Å². The van der Waals surface area contributed by atoms with E-state index < -0.39 is 0 Å². The minimum atomic E-state index is 0.688. The van der Waals surface area contributed by atoms with Gasteiger partial charge in [0, 0.05) is 17.8 Å². The molecule has 3 nitrogen and oxygen atoms in total. The van der Waals surface area contributed by atoms with Crippen molar-refractivity contribution in [1.82, 2.24) is 9.97 Å². The molecule has 1 aliphatic carbocycles. The minimum Gasteiger partial charge on any atom is -0.362 e. The summed E-state index contributed by atoms with van der Waals surface area (Å²) < 4.78 is 0. The Labute approximate surface area is 128 Å². The maximum absolute atomic E-state index is 4.83. The van der Waals surface area contributed by atoms with E-state index >= 15 is 0 Å². The Bertz CT molecular complexity index is 567. The molecule has 0 spiro atoms. The number of thiazole rings is 2. The monoisotopic (exact) mass is 307 g/mol. The smallest absolute Gasteiger partial charge is 0.183 e. The first-order valence-corrected chi connectivity index (χ1v) is 9.14. The molecule has 1 aliphatic rings. The van der Waals surface area contributed by atoms with Crippen molar-refractivity contribution < 1.29 is 0 Å². The molecule has 0 unspecified atom stereocenters. The van der Waals surface area contributed by atoms with Crippen molar-refractivity contribution in [1.29, 1.82) is 0 Å². The number of aromatic nitrogens is 2. The molecule has 5 heteroatoms. The van der Waals surface area contributed by atoms with Crippen LogP contribution in [0.5, 0.6) is 0 Å². The van der Waals surface area contributed by atoms with Gasteiger partial charge >= 0.3 is 0 Å². The van der Waals surface area contributed by atoms with Crippen LogP contribution < -0.4 is 5.32 Å². The molecule has 0 radical (unpaired) electrons. The van der Waals surface area contributed by atoms with Crippen molar-refractivity contribution >= 4 is 27.8 Å². The summed E-state index contributed by atoms with van der Waals surface area (Å²) in [5.41, 5.74) is 2.23. The zero-order valence-electron chi connectivity index (χ0n) is 12.1. The second-order valence-corrected chi connectivity index (χ2v) is 7.26. The van der Waals surface area contributed by atoms with Crippen LogP contribution in [0.1, 0.15) is 55.6 Å². The topological polar surface area (TPSA) is 37.8 Å². The van der Waals surface area contributed by atoms with Crippen molar-refractivity contribution in [2.45, 2.75) is 51.9 Å². The standard InChI is InChI=1S/C15H21N3S2/c1-3-16-15-18-12(9-19-15)13-10(2)17-14(20-13)11-7-5-4-6-8-11/h9,11H,3-8H2,1-2H3,(H,16,18). The van der Waals surface area contributed by atoms with Crippen LogP contribution in [0.25, 0.3) is 10.6 Å². The van der Waals surface area contributed by atoms with Gasteiger partial charge < -0.3 is 5.32 Å². The molecule has 20 heavy (non-hydrogen) atoms. The number of anilines is 1. The summed E-state index contributed by atoms with van der Waals surface area (Å²) in [6.07, 6.45) is 6.74. The lowest BCUT2D eigenvalue weighted by Gasteiger charge is -2.18. The first-order valence-electron chi connectivity index (χ1n) is 7.45. The van der Waals surface area contributed by atoms with Crippen LogP contribution in [0.4, 0.5) is 5.13 Å². The van der Waals surface area contributed by atoms with E-state index in [9.17, 15) is 0 Å². The van der Waals surface area contributed by atoms with Gasteiger partial charge in [-0.1, -0.05) is 19.3 Å². The summed E-state index contributed by atoms with van der Waals surface area (Å²) in [5.74, 6) is 0.688. The fourth-order valence-corrected chi connectivity index (χ4v) is 4.83. The first kappa shape index (κ1) is 14.0. The molecular formula is C15H21N3S2. The Morgan fingerprint density at radius 3 is 2.80 bits per heavy atom. The Morgan fingerprint density at radius 2 is 2.05 bits per heavy atom. The van der Waals surface area contributed by atoms with Crippen molar-refractivity contribution in [2.75, 3.05) is 11.9 Å². The number of aryl methyl sites for hydroxylation is 1. The third-order valence-corrected chi connectivity index (χ3v) is 5.97. The molecule has 0 saturated heterocycles. The van der Waals surface area contributed by atoms with Crippen LogP contribution in [0.15, 0.2) is 5.38 Å². The second kappa shape index (κ2) is 6.22. The minimum absolute atomic E-state index is 0.688. The van der Waals surface area contributed by atoms with Crippen LogP contribution in [0.3, 0.4) is 0 Å². The molecule has 108 valence electrons. The molecule has 1 saturated carbocycles. The molecule has 0 bridgehead atoms. The van der Waals surface area contributed by atoms with E-state index in [0.717, 1.165) is 23.1 Å². The molecule has 0 aromatic carbocycles. The summed E-state index contributed by atoms with van der Waals surface area (Å²) in [4.78, 5) is 10.8. The average Bonchev–Trinajstić information content (AvgIpc) is 3.07. The Balaban J connectivity index is 1.83. The van der Waals surface area contributed by atoms with Crippen LogP contribution in [-0.4, -0.2) is 16.5 Å². The van der Waals surface area contributed by atoms with E-state index in [0.29, 0.717) is 5.92 Å². The Morgan fingerprint density at radius 1 is 1.25 bits per heavy atom. The normalized spacial score (nSPS) is 16.5. The molecule has 1 fully saturated rings. The maximum atomic E-state index is 4.83. The predicted octanol–water partition coefficient (Wildman–Crippen LogP) is 5.05. The van der Waals surface area contributed by atoms with E-state index in [4.69, 9.17) is 4.98 Å². The van der Waals surface area contributed by atoms with Crippen LogP contribution in [0.2, 0.25) is 0 Å². The lowest BCUT2D eigenvalue weighted by Crippen LogP contribution is -2.03. The molecular weight excluding hydrogens is 286 g/mol. The van der Waals surface area contributed by atoms with Gasteiger partial charge in [0.2, 0.25) is 0 Å². The molecule has 0 amide bonds. The van der Waals surface area contributed by atoms with Gasteiger partial charge in [-0.15, -0.1) is 22.7 Å². The summed E-state index contributed by atoms with van der Waals surface area (Å²) >= 11 is 3.53. The zero-order valence-corrected chi connectivity index (χ0v) is 13.7. The molecule has 2 aromatic rings. The van der Waals surface area contributed by atoms with Gasteiger partial charge in [0.1, 0.15) is 0 Å². The van der Waals surface area contributed by atoms with E-state index in [2.05, 4.69) is 29.5 Å². The van der Waals surface area contributed by atoms with Crippen molar-refractivity contribution in [3.8, 4) is 10.6 Å². The van der Waals surface area contributed by atoms with Crippen molar-refractivity contribution in [3.63, 3.8) is 0 Å². The Kier molecular flexibility index (Phi) is 4.36. The molecule has 3 rings (SSSR count). The summed E-state index contributed by atoms with van der Waals surface area (Å²) in [5, 5.41) is 7.76. The van der Waals surface area contributed by atoms with Gasteiger partial charge in [-0.25, -0.2) is 9.97 Å². The fourth-order valence-electron chi connectivity index (χ4n) is 2.79. The lowest BCUT2D eigenvalue weighted by atomic mass is 9.90. The predicted molar refractivity (Wildman–Crippen MR) is 87.9 cm³/mol. The lowest BCUT2D eigenvalue weighted by molar-refractivity contribution is 0.442. The average molecular weight is 307 g/mol. The molecule has 2 aromatic heterocycles. The number of nitrogens with one attached hydrogen (secondary N) is 1. The third kappa shape index (κ3) is 2.88. The SMILES string of the molecule is CCNc1nc(-c2sc(C3CCCCC3)nc2C)cs1. The molecule has 0 aliphatic heterocycles. The van der Waals surface area contributed by atoms with Gasteiger partial charge in [-0.2, -0.15) is 0 Å². The summed E-state index contributed by atoms with van der Waals surface area (Å²) in [6.45, 7) is 5.13. The summed E-state index contributed by atoms with van der Waals surface area (Å²) in [6, 6.07) is 0. The quantitative estimate of drug-likeness (QED) is 0.858. The third-order valence-electron chi connectivity index (χ3n) is 3.83. The van der Waals surface area contributed by atoms with Gasteiger partial charge in [0.25, 0.3) is 0 Å². The van der Waals surface area contributed by atoms with Gasteiger partial charge in [-0.3, -0.25) is 0 Å².